The lowest BCUT2D eigenvalue weighted by Gasteiger charge is -2.20. The molecule has 2 N–H and O–H groups in total. The van der Waals surface area contributed by atoms with Crippen molar-refractivity contribution in [2.24, 2.45) is 0 Å². The summed E-state index contributed by atoms with van der Waals surface area (Å²) in [6.45, 7) is 3.38. The molecule has 0 fully saturated rings. The molecule has 16 heavy (non-hydrogen) atoms. The van der Waals surface area contributed by atoms with Crippen molar-refractivity contribution in [1.29, 1.82) is 0 Å². The summed E-state index contributed by atoms with van der Waals surface area (Å²) in [7, 11) is 3.61. The summed E-state index contributed by atoms with van der Waals surface area (Å²) in [6.07, 6.45) is 0. The largest absolute Gasteiger partial charge is 0.480 e. The number of nitrogens with zero attached hydrogens (tertiary/aromatic N) is 1. The van der Waals surface area contributed by atoms with Crippen LogP contribution in [0.5, 0.6) is 0 Å². The zero-order valence-electron chi connectivity index (χ0n) is 9.86. The van der Waals surface area contributed by atoms with Crippen LogP contribution in [0.25, 0.3) is 0 Å². The Morgan fingerprint density at radius 2 is 2.38 bits per heavy atom. The van der Waals surface area contributed by atoms with E-state index in [9.17, 15) is 4.79 Å². The highest BCUT2D eigenvalue weighted by molar-refractivity contribution is 7.10. The molecule has 0 aliphatic carbocycles. The van der Waals surface area contributed by atoms with E-state index in [4.69, 9.17) is 5.11 Å². The number of carbonyl (C=O) groups is 1. The molecular formula is C11H18N2O2S. The van der Waals surface area contributed by atoms with Crippen LogP contribution in [-0.4, -0.2) is 42.7 Å². The Kier molecular flexibility index (Phi) is 4.92. The topological polar surface area (TPSA) is 52.6 Å². The summed E-state index contributed by atoms with van der Waals surface area (Å²) in [6, 6.07) is 1.57. The molecule has 0 aliphatic rings. The maximum absolute atomic E-state index is 10.8. The van der Waals surface area contributed by atoms with E-state index in [1.807, 2.05) is 11.9 Å². The van der Waals surface area contributed by atoms with Crippen molar-refractivity contribution >= 4 is 17.3 Å². The highest BCUT2D eigenvalue weighted by Crippen LogP contribution is 2.17. The van der Waals surface area contributed by atoms with Crippen LogP contribution in [0.3, 0.4) is 0 Å². The fourth-order valence-electron chi connectivity index (χ4n) is 1.48. The van der Waals surface area contributed by atoms with Crippen molar-refractivity contribution in [1.82, 2.24) is 10.2 Å². The molecule has 0 bridgehead atoms. The van der Waals surface area contributed by atoms with Crippen molar-refractivity contribution in [2.75, 3.05) is 20.6 Å². The average molecular weight is 242 g/mol. The van der Waals surface area contributed by atoms with Gasteiger partial charge in [-0.05, 0) is 38.0 Å². The molecule has 1 atom stereocenters. The molecule has 5 heteroatoms. The molecule has 0 saturated heterocycles. The first-order chi connectivity index (χ1) is 7.54. The van der Waals surface area contributed by atoms with E-state index < -0.39 is 12.0 Å². The lowest BCUT2D eigenvalue weighted by Crippen LogP contribution is -2.43. The summed E-state index contributed by atoms with van der Waals surface area (Å²) in [5.41, 5.74) is 1.27. The molecule has 1 unspecified atom stereocenters. The second-order valence-electron chi connectivity index (χ2n) is 3.90. The van der Waals surface area contributed by atoms with Gasteiger partial charge in [-0.25, -0.2) is 0 Å². The highest BCUT2D eigenvalue weighted by atomic mass is 32.1. The van der Waals surface area contributed by atoms with Gasteiger partial charge in [0.05, 0.1) is 0 Å². The minimum Gasteiger partial charge on any atom is -0.480 e. The monoisotopic (exact) mass is 242 g/mol. The molecular weight excluding hydrogens is 224 g/mol. The molecule has 0 aliphatic heterocycles. The first kappa shape index (κ1) is 13.2. The van der Waals surface area contributed by atoms with Gasteiger partial charge in [-0.1, -0.05) is 0 Å². The Hall–Kier alpha value is -0.910. The van der Waals surface area contributed by atoms with Crippen LogP contribution in [0.4, 0.5) is 0 Å². The fraction of sp³-hybridized carbons (Fsp3) is 0.545. The van der Waals surface area contributed by atoms with E-state index >= 15 is 0 Å². The predicted molar refractivity (Wildman–Crippen MR) is 65.9 cm³/mol. The number of carboxylic acids is 1. The van der Waals surface area contributed by atoms with Crippen LogP contribution in [0.15, 0.2) is 11.4 Å². The third-order valence-corrected chi connectivity index (χ3v) is 3.53. The number of carboxylic acid groups (broad SMARTS) is 1. The van der Waals surface area contributed by atoms with Gasteiger partial charge in [-0.3, -0.25) is 9.69 Å². The lowest BCUT2D eigenvalue weighted by molar-refractivity contribution is -0.139. The summed E-state index contributed by atoms with van der Waals surface area (Å²) in [5.74, 6) is -0.808. The zero-order valence-corrected chi connectivity index (χ0v) is 10.7. The standard InChI is InChI=1S/C11H18N2O2S/c1-8-4-5-16-10(8)7-13(3)6-9(12-2)11(14)15/h4-5,9,12H,6-7H2,1-3H3,(H,14,15). The number of thiophene rings is 1. The van der Waals surface area contributed by atoms with E-state index in [2.05, 4.69) is 23.7 Å². The van der Waals surface area contributed by atoms with E-state index in [1.54, 1.807) is 18.4 Å². The number of rotatable bonds is 6. The number of hydrogen-bond acceptors (Lipinski definition) is 4. The SMILES string of the molecule is CNC(CN(C)Cc1sccc1C)C(=O)O. The number of likely N-dealkylation sites (N-methyl/N-ethyl adjacent to an activating group) is 2. The summed E-state index contributed by atoms with van der Waals surface area (Å²) in [5, 5.41) is 13.8. The van der Waals surface area contributed by atoms with Crippen molar-refractivity contribution in [3.05, 3.63) is 21.9 Å². The fourth-order valence-corrected chi connectivity index (χ4v) is 2.47. The first-order valence-corrected chi connectivity index (χ1v) is 6.04. The van der Waals surface area contributed by atoms with Crippen LogP contribution in [0.2, 0.25) is 0 Å². The predicted octanol–water partition coefficient (Wildman–Crippen LogP) is 1.16. The Bertz CT molecular complexity index is 352. The van der Waals surface area contributed by atoms with Crippen LogP contribution in [-0.2, 0) is 11.3 Å². The Labute approximate surface area is 99.9 Å². The molecule has 90 valence electrons. The molecule has 0 radical (unpaired) electrons. The first-order valence-electron chi connectivity index (χ1n) is 5.16. The smallest absolute Gasteiger partial charge is 0.322 e. The summed E-state index contributed by atoms with van der Waals surface area (Å²) in [4.78, 5) is 14.2. The van der Waals surface area contributed by atoms with Crippen molar-refractivity contribution < 1.29 is 9.90 Å². The maximum atomic E-state index is 10.8. The van der Waals surface area contributed by atoms with Gasteiger partial charge >= 0.3 is 5.97 Å². The molecule has 4 nitrogen and oxygen atoms in total. The van der Waals surface area contributed by atoms with Crippen molar-refractivity contribution in [3.63, 3.8) is 0 Å². The number of aryl methyl sites for hydroxylation is 1. The van der Waals surface area contributed by atoms with Crippen LogP contribution >= 0.6 is 11.3 Å². The second-order valence-corrected chi connectivity index (χ2v) is 4.90. The number of nitrogens with one attached hydrogen (secondary N) is 1. The van der Waals surface area contributed by atoms with E-state index in [0.29, 0.717) is 6.54 Å². The minimum absolute atomic E-state index is 0.503. The quantitative estimate of drug-likeness (QED) is 0.786. The molecule has 1 aromatic heterocycles. The van der Waals surface area contributed by atoms with Crippen LogP contribution in [0, 0.1) is 6.92 Å². The molecule has 0 aromatic carbocycles. The van der Waals surface area contributed by atoms with Gasteiger partial charge in [-0.2, -0.15) is 0 Å². The van der Waals surface area contributed by atoms with Crippen LogP contribution < -0.4 is 5.32 Å². The highest BCUT2D eigenvalue weighted by Gasteiger charge is 2.17. The van der Waals surface area contributed by atoms with E-state index in [-0.39, 0.29) is 0 Å². The third kappa shape index (κ3) is 3.59. The molecule has 0 spiro atoms. The molecule has 1 aromatic rings. The normalized spacial score (nSPS) is 13.0. The average Bonchev–Trinajstić information content (AvgIpc) is 2.60. The third-order valence-electron chi connectivity index (χ3n) is 2.52. The van der Waals surface area contributed by atoms with Gasteiger partial charge in [0, 0.05) is 18.0 Å². The molecule has 0 amide bonds. The molecule has 1 rings (SSSR count). The van der Waals surface area contributed by atoms with Gasteiger partial charge in [0.1, 0.15) is 6.04 Å². The van der Waals surface area contributed by atoms with Gasteiger partial charge in [0.25, 0.3) is 0 Å². The summed E-state index contributed by atoms with van der Waals surface area (Å²) >= 11 is 1.71. The number of hydrogen-bond donors (Lipinski definition) is 2. The summed E-state index contributed by atoms with van der Waals surface area (Å²) < 4.78 is 0. The zero-order chi connectivity index (χ0) is 12.1. The van der Waals surface area contributed by atoms with Gasteiger partial charge in [0.15, 0.2) is 0 Å². The second kappa shape index (κ2) is 5.98. The Morgan fingerprint density at radius 3 is 2.81 bits per heavy atom. The maximum Gasteiger partial charge on any atom is 0.322 e. The Morgan fingerprint density at radius 1 is 1.69 bits per heavy atom. The van der Waals surface area contributed by atoms with E-state index in [1.165, 1.54) is 10.4 Å². The Balaban J connectivity index is 2.50. The van der Waals surface area contributed by atoms with Gasteiger partial charge in [0.2, 0.25) is 0 Å². The minimum atomic E-state index is -0.808. The van der Waals surface area contributed by atoms with E-state index in [0.717, 1.165) is 6.54 Å². The van der Waals surface area contributed by atoms with Gasteiger partial charge < -0.3 is 10.4 Å². The van der Waals surface area contributed by atoms with Crippen molar-refractivity contribution in [2.45, 2.75) is 19.5 Å². The van der Waals surface area contributed by atoms with Crippen molar-refractivity contribution in [3.8, 4) is 0 Å². The molecule has 0 saturated carbocycles. The van der Waals surface area contributed by atoms with Gasteiger partial charge in [-0.15, -0.1) is 11.3 Å². The molecule has 1 heterocycles. The lowest BCUT2D eigenvalue weighted by atomic mass is 10.2. The van der Waals surface area contributed by atoms with Crippen LogP contribution in [0.1, 0.15) is 10.4 Å². The number of aliphatic carboxylic acids is 1.